The Morgan fingerprint density at radius 2 is 1.95 bits per heavy atom. The quantitative estimate of drug-likeness (QED) is 0.636. The Labute approximate surface area is 118 Å². The normalized spacial score (nSPS) is 12.8. The van der Waals surface area contributed by atoms with Gasteiger partial charge >= 0.3 is 0 Å². The number of nitrogens with one attached hydrogen (secondary N) is 1. The SMILES string of the molecule is COc1cc(NCC(O)CS(=O)(=O)O)c(C)c(OC)c1. The van der Waals surface area contributed by atoms with Crippen molar-refractivity contribution >= 4 is 15.8 Å². The van der Waals surface area contributed by atoms with Gasteiger partial charge in [-0.2, -0.15) is 8.42 Å². The third-order valence-electron chi connectivity index (χ3n) is 2.72. The molecule has 0 bridgehead atoms. The van der Waals surface area contributed by atoms with Gasteiger partial charge in [-0.25, -0.2) is 0 Å². The molecule has 0 saturated heterocycles. The summed E-state index contributed by atoms with van der Waals surface area (Å²) in [4.78, 5) is 0. The van der Waals surface area contributed by atoms with E-state index in [2.05, 4.69) is 5.32 Å². The molecule has 0 aliphatic rings. The maximum absolute atomic E-state index is 10.6. The van der Waals surface area contributed by atoms with Crippen molar-refractivity contribution in [3.8, 4) is 11.5 Å². The number of aliphatic hydroxyl groups excluding tert-OH is 1. The van der Waals surface area contributed by atoms with Crippen LogP contribution in [0.4, 0.5) is 5.69 Å². The molecule has 3 N–H and O–H groups in total. The summed E-state index contributed by atoms with van der Waals surface area (Å²) in [5, 5.41) is 12.4. The summed E-state index contributed by atoms with van der Waals surface area (Å²) < 4.78 is 40.3. The third-order valence-corrected chi connectivity index (χ3v) is 3.53. The van der Waals surface area contributed by atoms with E-state index < -0.39 is 22.0 Å². The van der Waals surface area contributed by atoms with Gasteiger partial charge in [-0.15, -0.1) is 0 Å². The fourth-order valence-electron chi connectivity index (χ4n) is 1.71. The number of rotatable bonds is 7. The molecule has 1 aromatic rings. The van der Waals surface area contributed by atoms with E-state index in [1.54, 1.807) is 12.1 Å². The highest BCUT2D eigenvalue weighted by molar-refractivity contribution is 7.85. The zero-order chi connectivity index (χ0) is 15.3. The molecule has 0 aromatic heterocycles. The Morgan fingerprint density at radius 1 is 1.30 bits per heavy atom. The molecule has 114 valence electrons. The van der Waals surface area contributed by atoms with Crippen molar-refractivity contribution in [1.82, 2.24) is 0 Å². The molecule has 0 radical (unpaired) electrons. The molecular weight excluding hydrogens is 286 g/mol. The van der Waals surface area contributed by atoms with E-state index >= 15 is 0 Å². The summed E-state index contributed by atoms with van der Waals surface area (Å²) in [7, 11) is -1.16. The van der Waals surface area contributed by atoms with Gasteiger partial charge in [0.1, 0.15) is 17.3 Å². The van der Waals surface area contributed by atoms with Crippen molar-refractivity contribution in [2.24, 2.45) is 0 Å². The van der Waals surface area contributed by atoms with E-state index in [1.165, 1.54) is 14.2 Å². The summed E-state index contributed by atoms with van der Waals surface area (Å²) in [6.45, 7) is 1.78. The molecule has 1 aromatic carbocycles. The van der Waals surface area contributed by atoms with E-state index in [1.807, 2.05) is 6.92 Å². The minimum atomic E-state index is -4.20. The highest BCUT2D eigenvalue weighted by atomic mass is 32.2. The van der Waals surface area contributed by atoms with E-state index in [0.717, 1.165) is 5.56 Å². The highest BCUT2D eigenvalue weighted by Crippen LogP contribution is 2.31. The molecule has 1 rings (SSSR count). The summed E-state index contributed by atoms with van der Waals surface area (Å²) in [5.74, 6) is 0.454. The zero-order valence-corrected chi connectivity index (χ0v) is 12.4. The lowest BCUT2D eigenvalue weighted by Gasteiger charge is -2.16. The molecule has 7 nitrogen and oxygen atoms in total. The van der Waals surface area contributed by atoms with E-state index in [9.17, 15) is 13.5 Å². The fourth-order valence-corrected chi connectivity index (χ4v) is 2.31. The Hall–Kier alpha value is -1.51. The molecule has 0 aliphatic heterocycles. The zero-order valence-electron chi connectivity index (χ0n) is 11.6. The molecule has 20 heavy (non-hydrogen) atoms. The smallest absolute Gasteiger partial charge is 0.267 e. The Kier molecular flexibility index (Phi) is 5.61. The van der Waals surface area contributed by atoms with E-state index in [0.29, 0.717) is 17.2 Å². The second-order valence-corrected chi connectivity index (χ2v) is 5.78. The minimum Gasteiger partial charge on any atom is -0.497 e. The van der Waals surface area contributed by atoms with E-state index in [-0.39, 0.29) is 6.54 Å². The van der Waals surface area contributed by atoms with Gasteiger partial charge in [0.25, 0.3) is 10.1 Å². The molecule has 0 fully saturated rings. The second kappa shape index (κ2) is 6.78. The first-order valence-corrected chi connectivity index (χ1v) is 7.47. The second-order valence-electron chi connectivity index (χ2n) is 4.29. The van der Waals surface area contributed by atoms with Gasteiger partial charge in [0.15, 0.2) is 0 Å². The minimum absolute atomic E-state index is 0.0308. The molecule has 0 heterocycles. The maximum atomic E-state index is 10.6. The Bertz CT molecular complexity index is 557. The number of hydrogen-bond acceptors (Lipinski definition) is 6. The molecule has 8 heteroatoms. The largest absolute Gasteiger partial charge is 0.497 e. The van der Waals surface area contributed by atoms with Crippen molar-refractivity contribution in [1.29, 1.82) is 0 Å². The van der Waals surface area contributed by atoms with Crippen LogP contribution >= 0.6 is 0 Å². The van der Waals surface area contributed by atoms with Crippen molar-refractivity contribution in [3.63, 3.8) is 0 Å². The van der Waals surface area contributed by atoms with Gasteiger partial charge in [0.05, 0.1) is 20.3 Å². The lowest BCUT2D eigenvalue weighted by Crippen LogP contribution is -2.28. The van der Waals surface area contributed by atoms with Crippen molar-refractivity contribution < 1.29 is 27.6 Å². The van der Waals surface area contributed by atoms with Crippen LogP contribution in [0.2, 0.25) is 0 Å². The van der Waals surface area contributed by atoms with Crippen molar-refractivity contribution in [2.45, 2.75) is 13.0 Å². The first kappa shape index (κ1) is 16.5. The molecule has 1 unspecified atom stereocenters. The summed E-state index contributed by atoms with van der Waals surface area (Å²) in [5.41, 5.74) is 1.45. The number of anilines is 1. The average molecular weight is 305 g/mol. The van der Waals surface area contributed by atoms with Crippen molar-refractivity contribution in [3.05, 3.63) is 17.7 Å². The first-order chi connectivity index (χ1) is 9.26. The van der Waals surface area contributed by atoms with Gasteiger partial charge < -0.3 is 19.9 Å². The van der Waals surface area contributed by atoms with Gasteiger partial charge in [0.2, 0.25) is 0 Å². The Morgan fingerprint density at radius 3 is 2.45 bits per heavy atom. The van der Waals surface area contributed by atoms with Gasteiger partial charge in [-0.05, 0) is 6.92 Å². The topological polar surface area (TPSA) is 105 Å². The van der Waals surface area contributed by atoms with Crippen LogP contribution in [-0.4, -0.2) is 50.7 Å². The van der Waals surface area contributed by atoms with Crippen molar-refractivity contribution in [2.75, 3.05) is 31.8 Å². The van der Waals surface area contributed by atoms with Crippen LogP contribution in [0.3, 0.4) is 0 Å². The van der Waals surface area contributed by atoms with Crippen LogP contribution in [0.15, 0.2) is 12.1 Å². The maximum Gasteiger partial charge on any atom is 0.267 e. The predicted molar refractivity (Wildman–Crippen MR) is 75.2 cm³/mol. The average Bonchev–Trinajstić information content (AvgIpc) is 2.35. The number of methoxy groups -OCH3 is 2. The molecule has 0 aliphatic carbocycles. The monoisotopic (exact) mass is 305 g/mol. The molecule has 1 atom stereocenters. The molecular formula is C12H19NO6S. The molecule has 0 amide bonds. The summed E-state index contributed by atoms with van der Waals surface area (Å²) in [6, 6.07) is 3.42. The van der Waals surface area contributed by atoms with Gasteiger partial charge in [0, 0.05) is 29.9 Å². The van der Waals surface area contributed by atoms with Gasteiger partial charge in [-0.1, -0.05) is 0 Å². The first-order valence-electron chi connectivity index (χ1n) is 5.86. The summed E-state index contributed by atoms with van der Waals surface area (Å²) in [6.07, 6.45) is -1.22. The van der Waals surface area contributed by atoms with Crippen LogP contribution in [0, 0.1) is 6.92 Å². The molecule has 0 saturated carbocycles. The molecule has 0 spiro atoms. The highest BCUT2D eigenvalue weighted by Gasteiger charge is 2.15. The van der Waals surface area contributed by atoms with Crippen LogP contribution in [-0.2, 0) is 10.1 Å². The standard InChI is InChI=1S/C12H19NO6S/c1-8-11(4-10(18-2)5-12(8)19-3)13-6-9(14)7-20(15,16)17/h4-5,9,13-14H,6-7H2,1-3H3,(H,15,16,17). The fraction of sp³-hybridized carbons (Fsp3) is 0.500. The van der Waals surface area contributed by atoms with Gasteiger partial charge in [-0.3, -0.25) is 4.55 Å². The number of aliphatic hydroxyl groups is 1. The number of hydrogen-bond donors (Lipinski definition) is 3. The third kappa shape index (κ3) is 4.87. The summed E-state index contributed by atoms with van der Waals surface area (Å²) >= 11 is 0. The van der Waals surface area contributed by atoms with Crippen LogP contribution in [0.25, 0.3) is 0 Å². The predicted octanol–water partition coefficient (Wildman–Crippen LogP) is 0.673. The van der Waals surface area contributed by atoms with E-state index in [4.69, 9.17) is 14.0 Å². The number of benzene rings is 1. The van der Waals surface area contributed by atoms with Crippen LogP contribution in [0.1, 0.15) is 5.56 Å². The lowest BCUT2D eigenvalue weighted by atomic mass is 10.1. The number of ether oxygens (including phenoxy) is 2. The van der Waals surface area contributed by atoms with Crippen LogP contribution < -0.4 is 14.8 Å². The van der Waals surface area contributed by atoms with Crippen LogP contribution in [0.5, 0.6) is 11.5 Å². The lowest BCUT2D eigenvalue weighted by molar-refractivity contribution is 0.208. The Balaban J connectivity index is 2.82.